The third-order valence-electron chi connectivity index (χ3n) is 10.4. The Balaban J connectivity index is 1.60. The van der Waals surface area contributed by atoms with E-state index in [1.54, 1.807) is 16.3 Å². The van der Waals surface area contributed by atoms with Crippen molar-refractivity contribution in [3.05, 3.63) is 96.3 Å². The Morgan fingerprint density at radius 3 is 1.60 bits per heavy atom. The first kappa shape index (κ1) is 33.4. The van der Waals surface area contributed by atoms with E-state index in [9.17, 15) is 0 Å². The van der Waals surface area contributed by atoms with E-state index in [4.69, 9.17) is 0 Å². The SMILES string of the molecule is CCCCCCCCC1(CCCCCCCC)c2cc(-c3ccccc3-c3ccncc3)ccc2-c2ccc([Si](C)(C)C)cc21. The van der Waals surface area contributed by atoms with Crippen molar-refractivity contribution in [3.8, 4) is 33.4 Å². The van der Waals surface area contributed by atoms with Crippen LogP contribution in [-0.4, -0.2) is 13.1 Å². The molecule has 0 amide bonds. The molecule has 238 valence electrons. The van der Waals surface area contributed by atoms with E-state index in [1.165, 1.54) is 123 Å². The fourth-order valence-corrected chi connectivity index (χ4v) is 8.89. The second-order valence-electron chi connectivity index (χ2n) is 14.7. The first-order chi connectivity index (χ1) is 21.9. The highest BCUT2D eigenvalue weighted by atomic mass is 28.3. The molecule has 0 atom stereocenters. The Morgan fingerprint density at radius 1 is 0.511 bits per heavy atom. The van der Waals surface area contributed by atoms with Crippen LogP contribution in [0.5, 0.6) is 0 Å². The van der Waals surface area contributed by atoms with Gasteiger partial charge >= 0.3 is 0 Å². The topological polar surface area (TPSA) is 12.9 Å². The summed E-state index contributed by atoms with van der Waals surface area (Å²) < 4.78 is 0. The standard InChI is InChI=1S/C43H57NSi/c1-6-8-10-12-14-18-28-43(29-19-15-13-11-9-7-2)41-32-35(38-21-17-16-20-37(38)34-26-30-44-31-27-34)22-24-39(41)40-25-23-36(33-42(40)43)45(3,4)5/h16-17,20-27,30-33H,6-15,18-19,28-29H2,1-5H3. The highest BCUT2D eigenvalue weighted by Crippen LogP contribution is 2.55. The van der Waals surface area contributed by atoms with Crippen molar-refractivity contribution in [1.29, 1.82) is 0 Å². The summed E-state index contributed by atoms with van der Waals surface area (Å²) >= 11 is 0. The van der Waals surface area contributed by atoms with E-state index < -0.39 is 8.07 Å². The number of rotatable bonds is 17. The summed E-state index contributed by atoms with van der Waals surface area (Å²) in [7, 11) is -1.46. The zero-order valence-corrected chi connectivity index (χ0v) is 29.9. The van der Waals surface area contributed by atoms with Crippen LogP contribution >= 0.6 is 0 Å². The number of nitrogens with zero attached hydrogens (tertiary/aromatic N) is 1. The van der Waals surface area contributed by atoms with Crippen molar-refractivity contribution in [2.24, 2.45) is 0 Å². The van der Waals surface area contributed by atoms with Crippen LogP contribution in [0.15, 0.2) is 85.2 Å². The Hall–Kier alpha value is -2.97. The largest absolute Gasteiger partial charge is 0.265 e. The van der Waals surface area contributed by atoms with E-state index in [0.29, 0.717) is 0 Å². The molecule has 1 aliphatic rings. The minimum absolute atomic E-state index is 0.0947. The van der Waals surface area contributed by atoms with Crippen LogP contribution in [0, 0.1) is 0 Å². The van der Waals surface area contributed by atoms with Gasteiger partial charge in [0.05, 0.1) is 8.07 Å². The van der Waals surface area contributed by atoms with Gasteiger partial charge in [-0.2, -0.15) is 0 Å². The molecule has 0 bridgehead atoms. The first-order valence-electron chi connectivity index (χ1n) is 18.2. The van der Waals surface area contributed by atoms with Crippen LogP contribution in [-0.2, 0) is 5.41 Å². The molecule has 3 aromatic carbocycles. The monoisotopic (exact) mass is 615 g/mol. The Kier molecular flexibility index (Phi) is 11.5. The first-order valence-corrected chi connectivity index (χ1v) is 21.7. The van der Waals surface area contributed by atoms with E-state index >= 15 is 0 Å². The summed E-state index contributed by atoms with van der Waals surface area (Å²) in [6.45, 7) is 12.2. The molecule has 0 radical (unpaired) electrons. The molecule has 4 aromatic rings. The molecule has 1 aliphatic carbocycles. The van der Waals surface area contributed by atoms with Crippen LogP contribution in [0.4, 0.5) is 0 Å². The van der Waals surface area contributed by atoms with Crippen LogP contribution in [0.25, 0.3) is 33.4 Å². The molecule has 0 aliphatic heterocycles. The van der Waals surface area contributed by atoms with Gasteiger partial charge in [-0.3, -0.25) is 4.98 Å². The molecule has 0 unspecified atom stereocenters. The Bertz CT molecular complexity index is 1500. The number of hydrogen-bond acceptors (Lipinski definition) is 1. The van der Waals surface area contributed by atoms with E-state index in [1.807, 2.05) is 12.4 Å². The van der Waals surface area contributed by atoms with Crippen molar-refractivity contribution in [2.45, 2.75) is 129 Å². The van der Waals surface area contributed by atoms with Gasteiger partial charge in [0.25, 0.3) is 0 Å². The zero-order chi connectivity index (χ0) is 31.7. The van der Waals surface area contributed by atoms with Crippen molar-refractivity contribution in [1.82, 2.24) is 4.98 Å². The quantitative estimate of drug-likeness (QED) is 0.0850. The normalized spacial score (nSPS) is 13.5. The van der Waals surface area contributed by atoms with Gasteiger partial charge in [-0.05, 0) is 75.5 Å². The number of aromatic nitrogens is 1. The van der Waals surface area contributed by atoms with Gasteiger partial charge in [0.15, 0.2) is 0 Å². The number of fused-ring (bicyclic) bond motifs is 3. The average molecular weight is 616 g/mol. The molecule has 0 N–H and O–H groups in total. The molecule has 0 spiro atoms. The second-order valence-corrected chi connectivity index (χ2v) is 19.7. The molecular formula is C43H57NSi. The van der Waals surface area contributed by atoms with Crippen molar-refractivity contribution in [2.75, 3.05) is 0 Å². The summed E-state index contributed by atoms with van der Waals surface area (Å²) in [6.07, 6.45) is 22.5. The lowest BCUT2D eigenvalue weighted by Crippen LogP contribution is -2.38. The molecule has 0 fully saturated rings. The van der Waals surface area contributed by atoms with E-state index in [0.717, 1.165) is 0 Å². The molecular weight excluding hydrogens is 559 g/mol. The molecule has 1 aromatic heterocycles. The maximum atomic E-state index is 4.29. The summed E-state index contributed by atoms with van der Waals surface area (Å²) in [4.78, 5) is 4.29. The van der Waals surface area contributed by atoms with Gasteiger partial charge in [0.2, 0.25) is 0 Å². The molecule has 0 saturated carbocycles. The van der Waals surface area contributed by atoms with Gasteiger partial charge in [0, 0.05) is 17.8 Å². The lowest BCUT2D eigenvalue weighted by atomic mass is 9.70. The van der Waals surface area contributed by atoms with Crippen molar-refractivity contribution < 1.29 is 0 Å². The maximum absolute atomic E-state index is 4.29. The summed E-state index contributed by atoms with van der Waals surface area (Å²) in [5.41, 5.74) is 11.5. The van der Waals surface area contributed by atoms with Gasteiger partial charge < -0.3 is 0 Å². The van der Waals surface area contributed by atoms with E-state index in [-0.39, 0.29) is 5.41 Å². The molecule has 1 heterocycles. The second kappa shape index (κ2) is 15.5. The predicted octanol–water partition coefficient (Wildman–Crippen LogP) is 12.7. The van der Waals surface area contributed by atoms with Crippen LogP contribution in [0.3, 0.4) is 0 Å². The van der Waals surface area contributed by atoms with Crippen LogP contribution in [0.2, 0.25) is 19.6 Å². The Morgan fingerprint density at radius 2 is 1.02 bits per heavy atom. The molecule has 5 rings (SSSR count). The van der Waals surface area contributed by atoms with Gasteiger partial charge in [-0.15, -0.1) is 0 Å². The lowest BCUT2D eigenvalue weighted by Gasteiger charge is -2.34. The van der Waals surface area contributed by atoms with E-state index in [2.05, 4.69) is 111 Å². The fraction of sp³-hybridized carbons (Fsp3) is 0.465. The fourth-order valence-electron chi connectivity index (χ4n) is 7.73. The minimum Gasteiger partial charge on any atom is -0.265 e. The molecule has 1 nitrogen and oxygen atoms in total. The number of pyridine rings is 1. The molecule has 2 heteroatoms. The maximum Gasteiger partial charge on any atom is 0.0776 e. The lowest BCUT2D eigenvalue weighted by molar-refractivity contribution is 0.398. The highest BCUT2D eigenvalue weighted by Gasteiger charge is 2.43. The average Bonchev–Trinajstić information content (AvgIpc) is 3.32. The number of unbranched alkanes of at least 4 members (excludes halogenated alkanes) is 10. The van der Waals surface area contributed by atoms with Gasteiger partial charge in [-0.1, -0.05) is 170 Å². The minimum atomic E-state index is -1.46. The summed E-state index contributed by atoms with van der Waals surface area (Å²) in [5.74, 6) is 0. The van der Waals surface area contributed by atoms with Crippen LogP contribution < -0.4 is 5.19 Å². The highest BCUT2D eigenvalue weighted by molar-refractivity contribution is 6.88. The predicted molar refractivity (Wildman–Crippen MR) is 200 cm³/mol. The smallest absolute Gasteiger partial charge is 0.0776 e. The third kappa shape index (κ3) is 7.71. The van der Waals surface area contributed by atoms with Crippen LogP contribution in [0.1, 0.15) is 115 Å². The molecule has 0 saturated heterocycles. The number of benzene rings is 3. The summed E-state index contributed by atoms with van der Waals surface area (Å²) in [6, 6.07) is 28.3. The molecule has 45 heavy (non-hydrogen) atoms. The van der Waals surface area contributed by atoms with Crippen molar-refractivity contribution in [3.63, 3.8) is 0 Å². The summed E-state index contributed by atoms with van der Waals surface area (Å²) in [5, 5.41) is 1.60. The van der Waals surface area contributed by atoms with Gasteiger partial charge in [-0.25, -0.2) is 0 Å². The third-order valence-corrected chi connectivity index (χ3v) is 12.4. The Labute approximate surface area is 275 Å². The van der Waals surface area contributed by atoms with Gasteiger partial charge in [0.1, 0.15) is 0 Å². The number of hydrogen-bond donors (Lipinski definition) is 0. The zero-order valence-electron chi connectivity index (χ0n) is 28.9. The van der Waals surface area contributed by atoms with Crippen molar-refractivity contribution >= 4 is 13.3 Å².